The summed E-state index contributed by atoms with van der Waals surface area (Å²) in [5.41, 5.74) is 3.05. The number of thioether (sulfide) groups is 1. The Labute approximate surface area is 190 Å². The molecule has 2 aromatic rings. The van der Waals surface area contributed by atoms with E-state index in [0.29, 0.717) is 24.6 Å². The van der Waals surface area contributed by atoms with Crippen molar-refractivity contribution in [2.45, 2.75) is 32.4 Å². The standard InChI is InChI=1S/C23H32N2O4S2/c1-4-15-29-22-12-10-21(11-13-22)25(31(3,27)28)17-23(26)24-14-7-16-30-18-20-9-6-5-8-19(20)2/h5-6,8-13H,4,7,14-18H2,1-3H3,(H,24,26). The molecule has 0 heterocycles. The lowest BCUT2D eigenvalue weighted by atomic mass is 10.1. The highest BCUT2D eigenvalue weighted by atomic mass is 32.2. The Kier molecular flexibility index (Phi) is 10.2. The lowest BCUT2D eigenvalue weighted by Gasteiger charge is -2.22. The Morgan fingerprint density at radius 2 is 1.84 bits per heavy atom. The predicted octanol–water partition coefficient (Wildman–Crippen LogP) is 3.99. The van der Waals surface area contributed by atoms with Crippen LogP contribution in [-0.4, -0.2) is 46.0 Å². The third-order valence-corrected chi connectivity index (χ3v) is 6.82. The summed E-state index contributed by atoms with van der Waals surface area (Å²) in [6.45, 7) is 4.99. The number of benzene rings is 2. The molecule has 0 saturated heterocycles. The molecule has 170 valence electrons. The van der Waals surface area contributed by atoms with E-state index in [0.717, 1.165) is 34.9 Å². The number of aryl methyl sites for hydroxylation is 1. The molecule has 0 radical (unpaired) electrons. The molecule has 0 aliphatic heterocycles. The first-order valence-corrected chi connectivity index (χ1v) is 13.4. The first-order chi connectivity index (χ1) is 14.8. The van der Waals surface area contributed by atoms with Crippen LogP contribution in [0.2, 0.25) is 0 Å². The Balaban J connectivity index is 1.78. The van der Waals surface area contributed by atoms with Crippen molar-refractivity contribution in [3.63, 3.8) is 0 Å². The summed E-state index contributed by atoms with van der Waals surface area (Å²) in [5, 5.41) is 2.82. The summed E-state index contributed by atoms with van der Waals surface area (Å²) in [4.78, 5) is 12.3. The molecule has 31 heavy (non-hydrogen) atoms. The van der Waals surface area contributed by atoms with Crippen LogP contribution in [0.15, 0.2) is 48.5 Å². The van der Waals surface area contributed by atoms with Gasteiger partial charge >= 0.3 is 0 Å². The zero-order valence-electron chi connectivity index (χ0n) is 18.5. The number of nitrogens with one attached hydrogen (secondary N) is 1. The van der Waals surface area contributed by atoms with Gasteiger partial charge in [0.15, 0.2) is 0 Å². The average Bonchev–Trinajstić information content (AvgIpc) is 2.74. The zero-order chi connectivity index (χ0) is 22.7. The fraction of sp³-hybridized carbons (Fsp3) is 0.435. The molecule has 0 bridgehead atoms. The van der Waals surface area contributed by atoms with Gasteiger partial charge in [-0.15, -0.1) is 0 Å². The minimum atomic E-state index is -3.59. The molecule has 0 aromatic heterocycles. The fourth-order valence-corrected chi connectivity index (χ4v) is 4.76. The van der Waals surface area contributed by atoms with E-state index in [1.54, 1.807) is 24.3 Å². The molecule has 1 amide bonds. The molecule has 0 spiro atoms. The predicted molar refractivity (Wildman–Crippen MR) is 129 cm³/mol. The van der Waals surface area contributed by atoms with Crippen LogP contribution in [0.5, 0.6) is 5.75 Å². The largest absolute Gasteiger partial charge is 0.494 e. The number of hydrogen-bond donors (Lipinski definition) is 1. The Morgan fingerprint density at radius 1 is 1.13 bits per heavy atom. The quantitative estimate of drug-likeness (QED) is 0.454. The summed E-state index contributed by atoms with van der Waals surface area (Å²) < 4.78 is 31.1. The third-order valence-electron chi connectivity index (χ3n) is 4.59. The number of ether oxygens (including phenoxy) is 1. The molecule has 0 atom stereocenters. The summed E-state index contributed by atoms with van der Waals surface area (Å²) in [6.07, 6.45) is 2.82. The first-order valence-electron chi connectivity index (χ1n) is 10.4. The van der Waals surface area contributed by atoms with Crippen LogP contribution in [0.1, 0.15) is 30.9 Å². The molecule has 0 aliphatic carbocycles. The summed E-state index contributed by atoms with van der Waals surface area (Å²) in [6, 6.07) is 15.1. The Bertz CT molecular complexity index is 931. The average molecular weight is 465 g/mol. The minimum absolute atomic E-state index is 0.246. The van der Waals surface area contributed by atoms with Crippen LogP contribution in [0, 0.1) is 6.92 Å². The van der Waals surface area contributed by atoms with Crippen molar-refractivity contribution in [2.75, 3.05) is 36.0 Å². The van der Waals surface area contributed by atoms with E-state index in [1.165, 1.54) is 11.1 Å². The van der Waals surface area contributed by atoms with Crippen molar-refractivity contribution in [3.05, 3.63) is 59.7 Å². The van der Waals surface area contributed by atoms with Crippen molar-refractivity contribution in [3.8, 4) is 5.75 Å². The lowest BCUT2D eigenvalue weighted by molar-refractivity contribution is -0.119. The van der Waals surface area contributed by atoms with E-state index >= 15 is 0 Å². The van der Waals surface area contributed by atoms with Crippen LogP contribution in [0.25, 0.3) is 0 Å². The number of hydrogen-bond acceptors (Lipinski definition) is 5. The second-order valence-corrected chi connectivity index (χ2v) is 10.3. The van der Waals surface area contributed by atoms with Crippen molar-refractivity contribution in [2.24, 2.45) is 0 Å². The van der Waals surface area contributed by atoms with Gasteiger partial charge in [0.2, 0.25) is 15.9 Å². The maximum absolute atomic E-state index is 12.3. The zero-order valence-corrected chi connectivity index (χ0v) is 20.1. The second kappa shape index (κ2) is 12.6. The van der Waals surface area contributed by atoms with Gasteiger partial charge in [0.25, 0.3) is 0 Å². The molecule has 0 aliphatic rings. The highest BCUT2D eigenvalue weighted by Gasteiger charge is 2.20. The lowest BCUT2D eigenvalue weighted by Crippen LogP contribution is -2.40. The first kappa shape index (κ1) is 25.1. The van der Waals surface area contributed by atoms with Gasteiger partial charge in [-0.1, -0.05) is 31.2 Å². The van der Waals surface area contributed by atoms with Gasteiger partial charge in [0, 0.05) is 12.3 Å². The molecule has 2 rings (SSSR count). The second-order valence-electron chi connectivity index (χ2n) is 7.29. The molecule has 0 unspecified atom stereocenters. The monoisotopic (exact) mass is 464 g/mol. The van der Waals surface area contributed by atoms with Crippen molar-refractivity contribution >= 4 is 33.4 Å². The molecule has 0 fully saturated rings. The Morgan fingerprint density at radius 3 is 2.48 bits per heavy atom. The van der Waals surface area contributed by atoms with E-state index in [-0.39, 0.29) is 12.5 Å². The SMILES string of the molecule is CCCOc1ccc(N(CC(=O)NCCCSCc2ccccc2C)S(C)(=O)=O)cc1. The third kappa shape index (κ3) is 8.83. The van der Waals surface area contributed by atoms with Gasteiger partial charge in [-0.2, -0.15) is 11.8 Å². The van der Waals surface area contributed by atoms with Crippen LogP contribution < -0.4 is 14.4 Å². The number of anilines is 1. The van der Waals surface area contributed by atoms with Gasteiger partial charge in [-0.3, -0.25) is 9.10 Å². The minimum Gasteiger partial charge on any atom is -0.494 e. The van der Waals surface area contributed by atoms with Crippen LogP contribution in [-0.2, 0) is 20.6 Å². The van der Waals surface area contributed by atoms with Crippen molar-refractivity contribution < 1.29 is 17.9 Å². The van der Waals surface area contributed by atoms with Gasteiger partial charge in [-0.25, -0.2) is 8.42 Å². The van der Waals surface area contributed by atoms with Gasteiger partial charge < -0.3 is 10.1 Å². The highest BCUT2D eigenvalue weighted by molar-refractivity contribution is 7.98. The molecule has 6 nitrogen and oxygen atoms in total. The van der Waals surface area contributed by atoms with Crippen LogP contribution in [0.3, 0.4) is 0 Å². The molecular formula is C23H32N2O4S2. The van der Waals surface area contributed by atoms with Gasteiger partial charge in [0.1, 0.15) is 12.3 Å². The number of carbonyl (C=O) groups is 1. The summed E-state index contributed by atoms with van der Waals surface area (Å²) in [7, 11) is -3.59. The van der Waals surface area contributed by atoms with Crippen molar-refractivity contribution in [1.29, 1.82) is 0 Å². The molecule has 0 saturated carbocycles. The van der Waals surface area contributed by atoms with E-state index in [1.807, 2.05) is 30.8 Å². The smallest absolute Gasteiger partial charge is 0.240 e. The summed E-state index contributed by atoms with van der Waals surface area (Å²) in [5.74, 6) is 2.22. The maximum atomic E-state index is 12.3. The fourth-order valence-electron chi connectivity index (χ4n) is 2.87. The number of carbonyl (C=O) groups excluding carboxylic acids is 1. The molecule has 8 heteroatoms. The van der Waals surface area contributed by atoms with Gasteiger partial charge in [-0.05, 0) is 60.9 Å². The maximum Gasteiger partial charge on any atom is 0.240 e. The van der Waals surface area contributed by atoms with Crippen LogP contribution >= 0.6 is 11.8 Å². The normalized spacial score (nSPS) is 11.2. The van der Waals surface area contributed by atoms with Gasteiger partial charge in [0.05, 0.1) is 18.6 Å². The molecule has 1 N–H and O–H groups in total. The van der Waals surface area contributed by atoms with E-state index < -0.39 is 10.0 Å². The number of amides is 1. The van der Waals surface area contributed by atoms with Crippen LogP contribution in [0.4, 0.5) is 5.69 Å². The molecular weight excluding hydrogens is 432 g/mol. The van der Waals surface area contributed by atoms with E-state index in [9.17, 15) is 13.2 Å². The number of rotatable bonds is 13. The Hall–Kier alpha value is -2.19. The number of sulfonamides is 1. The topological polar surface area (TPSA) is 75.7 Å². The molecule has 2 aromatic carbocycles. The van der Waals surface area contributed by atoms with E-state index in [4.69, 9.17) is 4.74 Å². The number of nitrogens with zero attached hydrogens (tertiary/aromatic N) is 1. The van der Waals surface area contributed by atoms with E-state index in [2.05, 4.69) is 24.4 Å². The highest BCUT2D eigenvalue weighted by Crippen LogP contribution is 2.21. The van der Waals surface area contributed by atoms with Crippen molar-refractivity contribution in [1.82, 2.24) is 5.32 Å². The summed E-state index contributed by atoms with van der Waals surface area (Å²) >= 11 is 1.82.